The fourth-order valence-corrected chi connectivity index (χ4v) is 4.28. The standard InChI is InChI=1S/C20H25N5OS/c1-13-7-10-16(11-8-13)19-24-23-18(26-19)14(2)27-20-21-17(22-25-20)12-9-15-5-3-4-6-15/h7-8,10-11,14-15H,3-6,9,12H2,1-2H3,(H,21,22,25). The minimum atomic E-state index is -0.00446. The highest BCUT2D eigenvalue weighted by Gasteiger charge is 2.19. The van der Waals surface area contributed by atoms with Crippen molar-refractivity contribution in [2.45, 2.75) is 62.8 Å². The summed E-state index contributed by atoms with van der Waals surface area (Å²) >= 11 is 1.54. The number of aryl methyl sites for hydroxylation is 2. The van der Waals surface area contributed by atoms with Crippen molar-refractivity contribution in [3.63, 3.8) is 0 Å². The van der Waals surface area contributed by atoms with Crippen LogP contribution in [0.2, 0.25) is 0 Å². The molecule has 2 aromatic heterocycles. The summed E-state index contributed by atoms with van der Waals surface area (Å²) in [6.07, 6.45) is 7.69. The molecular formula is C20H25N5OS. The molecule has 1 unspecified atom stereocenters. The van der Waals surface area contributed by atoms with E-state index in [1.807, 2.05) is 31.2 Å². The Morgan fingerprint density at radius 1 is 1.19 bits per heavy atom. The number of aromatic nitrogens is 5. The SMILES string of the molecule is Cc1ccc(-c2nnc(C(C)Sc3n[nH]c(CCC4CCCC4)n3)o2)cc1. The molecule has 0 radical (unpaired) electrons. The van der Waals surface area contributed by atoms with Crippen molar-refractivity contribution in [2.24, 2.45) is 5.92 Å². The number of rotatable bonds is 7. The second-order valence-corrected chi connectivity index (χ2v) is 8.63. The van der Waals surface area contributed by atoms with Crippen molar-refractivity contribution in [1.82, 2.24) is 25.4 Å². The third-order valence-electron chi connectivity index (χ3n) is 5.14. The van der Waals surface area contributed by atoms with Gasteiger partial charge in [-0.05, 0) is 38.3 Å². The molecule has 1 saturated carbocycles. The lowest BCUT2D eigenvalue weighted by Gasteiger charge is -2.05. The predicted octanol–water partition coefficient (Wildman–Crippen LogP) is 5.14. The summed E-state index contributed by atoms with van der Waals surface area (Å²) in [5.74, 6) is 2.98. The molecule has 27 heavy (non-hydrogen) atoms. The Labute approximate surface area is 163 Å². The molecule has 1 aliphatic carbocycles. The van der Waals surface area contributed by atoms with Gasteiger partial charge in [0.2, 0.25) is 16.9 Å². The maximum Gasteiger partial charge on any atom is 0.247 e. The van der Waals surface area contributed by atoms with Crippen molar-refractivity contribution in [1.29, 1.82) is 0 Å². The fraction of sp³-hybridized carbons (Fsp3) is 0.500. The van der Waals surface area contributed by atoms with Crippen molar-refractivity contribution in [2.75, 3.05) is 0 Å². The first-order chi connectivity index (χ1) is 13.2. The number of nitrogens with one attached hydrogen (secondary N) is 1. The molecule has 0 bridgehead atoms. The van der Waals surface area contributed by atoms with Crippen LogP contribution in [0.5, 0.6) is 0 Å². The molecule has 0 saturated heterocycles. The van der Waals surface area contributed by atoms with Gasteiger partial charge < -0.3 is 4.42 Å². The number of aromatic amines is 1. The van der Waals surface area contributed by atoms with Crippen LogP contribution in [-0.4, -0.2) is 25.4 Å². The van der Waals surface area contributed by atoms with Gasteiger partial charge in [0, 0.05) is 12.0 Å². The van der Waals surface area contributed by atoms with Gasteiger partial charge in [-0.25, -0.2) is 4.98 Å². The number of hydrogen-bond acceptors (Lipinski definition) is 6. The minimum Gasteiger partial charge on any atom is -0.419 e. The summed E-state index contributed by atoms with van der Waals surface area (Å²) in [7, 11) is 0. The van der Waals surface area contributed by atoms with Gasteiger partial charge in [-0.3, -0.25) is 5.10 Å². The molecule has 0 spiro atoms. The Morgan fingerprint density at radius 2 is 1.96 bits per heavy atom. The van der Waals surface area contributed by atoms with Crippen LogP contribution in [-0.2, 0) is 6.42 Å². The van der Waals surface area contributed by atoms with Gasteiger partial charge in [-0.2, -0.15) is 0 Å². The van der Waals surface area contributed by atoms with Crippen LogP contribution in [0, 0.1) is 12.8 Å². The molecule has 1 atom stereocenters. The van der Waals surface area contributed by atoms with E-state index in [-0.39, 0.29) is 5.25 Å². The molecule has 2 heterocycles. The van der Waals surface area contributed by atoms with Crippen LogP contribution < -0.4 is 0 Å². The van der Waals surface area contributed by atoms with Crippen LogP contribution in [0.3, 0.4) is 0 Å². The van der Waals surface area contributed by atoms with Crippen molar-refractivity contribution >= 4 is 11.8 Å². The molecular weight excluding hydrogens is 358 g/mol. The van der Waals surface area contributed by atoms with E-state index in [1.54, 1.807) is 0 Å². The largest absolute Gasteiger partial charge is 0.419 e. The zero-order valence-corrected chi connectivity index (χ0v) is 16.6. The second-order valence-electron chi connectivity index (χ2n) is 7.33. The molecule has 3 aromatic rings. The Morgan fingerprint density at radius 3 is 2.74 bits per heavy atom. The van der Waals surface area contributed by atoms with E-state index in [0.29, 0.717) is 11.8 Å². The Hall–Kier alpha value is -2.15. The second kappa shape index (κ2) is 8.25. The number of H-pyrrole nitrogens is 1. The first-order valence-corrected chi connectivity index (χ1v) is 10.5. The van der Waals surface area contributed by atoms with Crippen LogP contribution in [0.15, 0.2) is 33.8 Å². The quantitative estimate of drug-likeness (QED) is 0.569. The zero-order valence-electron chi connectivity index (χ0n) is 15.8. The van der Waals surface area contributed by atoms with Gasteiger partial charge >= 0.3 is 0 Å². The van der Waals surface area contributed by atoms with Gasteiger partial charge in [0.25, 0.3) is 0 Å². The molecule has 7 heteroatoms. The van der Waals surface area contributed by atoms with Gasteiger partial charge in [0.1, 0.15) is 5.82 Å². The number of benzene rings is 1. The third-order valence-corrected chi connectivity index (χ3v) is 6.09. The molecule has 4 rings (SSSR count). The lowest BCUT2D eigenvalue weighted by Crippen LogP contribution is -1.97. The summed E-state index contributed by atoms with van der Waals surface area (Å²) in [6, 6.07) is 8.07. The number of thioether (sulfide) groups is 1. The first kappa shape index (κ1) is 18.2. The highest BCUT2D eigenvalue weighted by Crippen LogP contribution is 2.33. The summed E-state index contributed by atoms with van der Waals surface area (Å²) in [5, 5.41) is 16.5. The number of nitrogens with zero attached hydrogens (tertiary/aromatic N) is 4. The maximum absolute atomic E-state index is 5.86. The van der Waals surface area contributed by atoms with Crippen LogP contribution >= 0.6 is 11.8 Å². The van der Waals surface area contributed by atoms with Gasteiger partial charge in [0.05, 0.1) is 5.25 Å². The molecule has 1 fully saturated rings. The van der Waals surface area contributed by atoms with Crippen LogP contribution in [0.1, 0.15) is 61.6 Å². The van der Waals surface area contributed by atoms with E-state index in [2.05, 4.69) is 32.3 Å². The molecule has 142 valence electrons. The van der Waals surface area contributed by atoms with E-state index < -0.39 is 0 Å². The molecule has 1 aliphatic rings. The first-order valence-electron chi connectivity index (χ1n) is 9.66. The monoisotopic (exact) mass is 383 g/mol. The topological polar surface area (TPSA) is 80.5 Å². The number of hydrogen-bond donors (Lipinski definition) is 1. The lowest BCUT2D eigenvalue weighted by atomic mass is 10.0. The highest BCUT2D eigenvalue weighted by atomic mass is 32.2. The molecule has 1 aromatic carbocycles. The van der Waals surface area contributed by atoms with Crippen molar-refractivity contribution in [3.05, 3.63) is 41.5 Å². The Balaban J connectivity index is 1.35. The van der Waals surface area contributed by atoms with Crippen molar-refractivity contribution < 1.29 is 4.42 Å². The average Bonchev–Trinajstić information content (AvgIpc) is 3.42. The summed E-state index contributed by atoms with van der Waals surface area (Å²) in [5.41, 5.74) is 2.14. The Kier molecular flexibility index (Phi) is 5.57. The van der Waals surface area contributed by atoms with Gasteiger partial charge in [-0.1, -0.05) is 55.1 Å². The minimum absolute atomic E-state index is 0.00446. The smallest absolute Gasteiger partial charge is 0.247 e. The average molecular weight is 384 g/mol. The molecule has 0 aliphatic heterocycles. The van der Waals surface area contributed by atoms with Gasteiger partial charge in [0.15, 0.2) is 0 Å². The molecule has 0 amide bonds. The van der Waals surface area contributed by atoms with Crippen LogP contribution in [0.4, 0.5) is 0 Å². The predicted molar refractivity (Wildman–Crippen MR) is 105 cm³/mol. The summed E-state index contributed by atoms with van der Waals surface area (Å²) in [6.45, 7) is 4.09. The molecule has 6 nitrogen and oxygen atoms in total. The fourth-order valence-electron chi connectivity index (χ4n) is 3.50. The van der Waals surface area contributed by atoms with Crippen molar-refractivity contribution in [3.8, 4) is 11.5 Å². The van der Waals surface area contributed by atoms with Crippen LogP contribution in [0.25, 0.3) is 11.5 Å². The summed E-state index contributed by atoms with van der Waals surface area (Å²) < 4.78 is 5.86. The van der Waals surface area contributed by atoms with E-state index in [4.69, 9.17) is 4.42 Å². The maximum atomic E-state index is 5.86. The van der Waals surface area contributed by atoms with E-state index in [1.165, 1.54) is 49.4 Å². The lowest BCUT2D eigenvalue weighted by molar-refractivity contribution is 0.497. The highest BCUT2D eigenvalue weighted by molar-refractivity contribution is 7.99. The Bertz CT molecular complexity index is 867. The summed E-state index contributed by atoms with van der Waals surface area (Å²) in [4.78, 5) is 4.62. The zero-order chi connectivity index (χ0) is 18.6. The van der Waals surface area contributed by atoms with E-state index >= 15 is 0 Å². The van der Waals surface area contributed by atoms with E-state index in [0.717, 1.165) is 28.9 Å². The normalized spacial score (nSPS) is 16.1. The van der Waals surface area contributed by atoms with Gasteiger partial charge in [-0.15, -0.1) is 15.3 Å². The third kappa shape index (κ3) is 4.58. The molecule has 1 N–H and O–H groups in total. The van der Waals surface area contributed by atoms with E-state index in [9.17, 15) is 0 Å².